The summed E-state index contributed by atoms with van der Waals surface area (Å²) in [6.07, 6.45) is 5.81. The Labute approximate surface area is 194 Å². The van der Waals surface area contributed by atoms with Gasteiger partial charge in [0.25, 0.3) is 5.56 Å². The Bertz CT molecular complexity index is 1350. The molecule has 4 aromatic rings. The van der Waals surface area contributed by atoms with E-state index in [1.807, 2.05) is 19.3 Å². The number of nitrogens with one attached hydrogen (secondary N) is 1. The maximum Gasteiger partial charge on any atom is 0.266 e. The molecule has 4 rings (SSSR count). The van der Waals surface area contributed by atoms with Crippen LogP contribution in [0.15, 0.2) is 59.8 Å². The van der Waals surface area contributed by atoms with Crippen LogP contribution in [-0.4, -0.2) is 48.9 Å². The van der Waals surface area contributed by atoms with Crippen molar-refractivity contribution in [3.8, 4) is 22.8 Å². The van der Waals surface area contributed by atoms with E-state index in [1.165, 1.54) is 10.7 Å². The van der Waals surface area contributed by atoms with Gasteiger partial charge < -0.3 is 9.47 Å². The van der Waals surface area contributed by atoms with E-state index < -0.39 is 5.91 Å². The highest BCUT2D eigenvalue weighted by molar-refractivity contribution is 5.86. The SMILES string of the molecule is Cn1cc(-c2ccc(=O)n(CCOc3ccnc4cc(OCCCC(=O)NO)ccc34)n2)cn1. The van der Waals surface area contributed by atoms with Crippen LogP contribution >= 0.6 is 0 Å². The van der Waals surface area contributed by atoms with Gasteiger partial charge in [0.1, 0.15) is 18.1 Å². The minimum atomic E-state index is -0.452. The molecule has 11 nitrogen and oxygen atoms in total. The Balaban J connectivity index is 1.39. The van der Waals surface area contributed by atoms with Crippen molar-refractivity contribution in [3.63, 3.8) is 0 Å². The summed E-state index contributed by atoms with van der Waals surface area (Å²) < 4.78 is 14.6. The van der Waals surface area contributed by atoms with Gasteiger partial charge in [-0.3, -0.25) is 24.5 Å². The molecular weight excluding hydrogens is 440 g/mol. The molecule has 176 valence electrons. The number of hydrogen-bond acceptors (Lipinski definition) is 8. The number of benzene rings is 1. The number of aromatic nitrogens is 5. The summed E-state index contributed by atoms with van der Waals surface area (Å²) in [6.45, 7) is 0.849. The van der Waals surface area contributed by atoms with E-state index in [-0.39, 0.29) is 25.1 Å². The van der Waals surface area contributed by atoms with Gasteiger partial charge in [-0.05, 0) is 30.7 Å². The number of pyridine rings is 1. The summed E-state index contributed by atoms with van der Waals surface area (Å²) in [5.74, 6) is 0.795. The molecular formula is C23H24N6O5. The Morgan fingerprint density at radius 2 is 2.03 bits per heavy atom. The van der Waals surface area contributed by atoms with E-state index >= 15 is 0 Å². The Morgan fingerprint density at radius 1 is 1.15 bits per heavy atom. The molecule has 0 aliphatic heterocycles. The van der Waals surface area contributed by atoms with Gasteiger partial charge in [0.05, 0.1) is 30.6 Å². The molecule has 34 heavy (non-hydrogen) atoms. The van der Waals surface area contributed by atoms with Crippen LogP contribution in [0.5, 0.6) is 11.5 Å². The Kier molecular flexibility index (Phi) is 7.13. The van der Waals surface area contributed by atoms with Gasteiger partial charge in [-0.2, -0.15) is 10.2 Å². The highest BCUT2D eigenvalue weighted by Crippen LogP contribution is 2.27. The molecule has 0 atom stereocenters. The predicted octanol–water partition coefficient (Wildman–Crippen LogP) is 1.94. The fourth-order valence-corrected chi connectivity index (χ4v) is 3.35. The molecule has 0 aliphatic carbocycles. The van der Waals surface area contributed by atoms with Crippen molar-refractivity contribution < 1.29 is 19.5 Å². The largest absolute Gasteiger partial charge is 0.494 e. The number of nitrogens with zero attached hydrogens (tertiary/aromatic N) is 5. The zero-order valence-corrected chi connectivity index (χ0v) is 18.5. The molecule has 0 saturated heterocycles. The lowest BCUT2D eigenvalue weighted by Crippen LogP contribution is -2.25. The Morgan fingerprint density at radius 3 is 2.82 bits per heavy atom. The average molecular weight is 464 g/mol. The highest BCUT2D eigenvalue weighted by Gasteiger charge is 2.08. The van der Waals surface area contributed by atoms with Gasteiger partial charge in [0.2, 0.25) is 5.91 Å². The van der Waals surface area contributed by atoms with Crippen molar-refractivity contribution in [1.82, 2.24) is 30.0 Å². The molecule has 0 aliphatic rings. The summed E-state index contributed by atoms with van der Waals surface area (Å²) in [7, 11) is 1.82. The van der Waals surface area contributed by atoms with E-state index in [0.29, 0.717) is 35.7 Å². The molecule has 3 heterocycles. The van der Waals surface area contributed by atoms with Crippen molar-refractivity contribution in [1.29, 1.82) is 0 Å². The summed E-state index contributed by atoms with van der Waals surface area (Å²) in [6, 6.07) is 10.4. The first-order valence-corrected chi connectivity index (χ1v) is 10.7. The zero-order valence-electron chi connectivity index (χ0n) is 18.5. The number of fused-ring (bicyclic) bond motifs is 1. The normalized spacial score (nSPS) is 10.9. The van der Waals surface area contributed by atoms with Gasteiger partial charge in [-0.25, -0.2) is 10.2 Å². The number of rotatable bonds is 10. The fourth-order valence-electron chi connectivity index (χ4n) is 3.35. The number of ether oxygens (including phenoxy) is 2. The van der Waals surface area contributed by atoms with Crippen molar-refractivity contribution in [2.45, 2.75) is 19.4 Å². The second-order valence-electron chi connectivity index (χ2n) is 7.51. The van der Waals surface area contributed by atoms with Crippen molar-refractivity contribution >= 4 is 16.8 Å². The van der Waals surface area contributed by atoms with Crippen LogP contribution in [0.4, 0.5) is 0 Å². The second kappa shape index (κ2) is 10.6. The van der Waals surface area contributed by atoms with Crippen LogP contribution in [0.2, 0.25) is 0 Å². The maximum atomic E-state index is 12.2. The van der Waals surface area contributed by atoms with Gasteiger partial charge in [0.15, 0.2) is 0 Å². The number of hydroxylamine groups is 1. The van der Waals surface area contributed by atoms with Gasteiger partial charge in [-0.15, -0.1) is 0 Å². The average Bonchev–Trinajstić information content (AvgIpc) is 3.29. The molecule has 0 fully saturated rings. The third kappa shape index (κ3) is 5.56. The first-order chi connectivity index (χ1) is 16.5. The third-order valence-electron chi connectivity index (χ3n) is 5.04. The minimum Gasteiger partial charge on any atom is -0.494 e. The minimum absolute atomic E-state index is 0.170. The van der Waals surface area contributed by atoms with E-state index in [4.69, 9.17) is 14.7 Å². The predicted molar refractivity (Wildman–Crippen MR) is 123 cm³/mol. The number of amides is 1. The second-order valence-corrected chi connectivity index (χ2v) is 7.51. The summed E-state index contributed by atoms with van der Waals surface area (Å²) in [4.78, 5) is 27.6. The standard InChI is InChI=1S/C23H24N6O5/c1-28-15-16(14-25-28)19-6-7-23(31)29(26-19)10-12-34-21-8-9-24-20-13-17(4-5-18(20)21)33-11-2-3-22(30)27-32/h4-9,13-15,32H,2-3,10-12H2,1H3,(H,27,30). The molecule has 3 aromatic heterocycles. The lowest BCUT2D eigenvalue weighted by molar-refractivity contribution is -0.129. The fraction of sp³-hybridized carbons (Fsp3) is 0.261. The van der Waals surface area contributed by atoms with E-state index in [2.05, 4.69) is 15.2 Å². The lowest BCUT2D eigenvalue weighted by Gasteiger charge is -2.11. The molecule has 0 spiro atoms. The van der Waals surface area contributed by atoms with Crippen LogP contribution in [0.25, 0.3) is 22.2 Å². The summed E-state index contributed by atoms with van der Waals surface area (Å²) >= 11 is 0. The lowest BCUT2D eigenvalue weighted by atomic mass is 10.2. The van der Waals surface area contributed by atoms with Gasteiger partial charge >= 0.3 is 0 Å². The highest BCUT2D eigenvalue weighted by atomic mass is 16.5. The number of aryl methyl sites for hydroxylation is 1. The molecule has 11 heteroatoms. The van der Waals surface area contributed by atoms with Crippen molar-refractivity contribution in [3.05, 3.63) is 65.3 Å². The topological polar surface area (TPSA) is 133 Å². The third-order valence-corrected chi connectivity index (χ3v) is 5.04. The molecule has 2 N–H and O–H groups in total. The first-order valence-electron chi connectivity index (χ1n) is 10.7. The maximum absolute atomic E-state index is 12.2. The summed E-state index contributed by atoms with van der Waals surface area (Å²) in [5.41, 5.74) is 3.55. The monoisotopic (exact) mass is 464 g/mol. The number of carbonyl (C=O) groups excluding carboxylic acids is 1. The van der Waals surface area contributed by atoms with Crippen LogP contribution in [-0.2, 0) is 18.4 Å². The Hall–Kier alpha value is -4.25. The van der Waals surface area contributed by atoms with Gasteiger partial charge in [-0.1, -0.05) is 0 Å². The molecule has 0 bridgehead atoms. The van der Waals surface area contributed by atoms with Gasteiger partial charge in [0, 0.05) is 48.9 Å². The molecule has 1 amide bonds. The van der Waals surface area contributed by atoms with Crippen LogP contribution in [0.3, 0.4) is 0 Å². The quantitative estimate of drug-likeness (QED) is 0.207. The van der Waals surface area contributed by atoms with Crippen LogP contribution in [0.1, 0.15) is 12.8 Å². The van der Waals surface area contributed by atoms with Crippen molar-refractivity contribution in [2.24, 2.45) is 7.05 Å². The number of hydrogen-bond donors (Lipinski definition) is 2. The molecule has 0 saturated carbocycles. The molecule has 0 radical (unpaired) electrons. The van der Waals surface area contributed by atoms with E-state index in [0.717, 1.165) is 10.9 Å². The number of carbonyl (C=O) groups is 1. The van der Waals surface area contributed by atoms with Crippen LogP contribution in [0, 0.1) is 0 Å². The smallest absolute Gasteiger partial charge is 0.266 e. The first kappa shape index (κ1) is 22.9. The van der Waals surface area contributed by atoms with Crippen LogP contribution < -0.4 is 20.5 Å². The molecule has 0 unspecified atom stereocenters. The summed E-state index contributed by atoms with van der Waals surface area (Å²) in [5, 5.41) is 17.9. The molecule has 1 aromatic carbocycles. The zero-order chi connectivity index (χ0) is 23.9. The van der Waals surface area contributed by atoms with E-state index in [1.54, 1.807) is 46.8 Å². The van der Waals surface area contributed by atoms with E-state index in [9.17, 15) is 9.59 Å². The van der Waals surface area contributed by atoms with Crippen molar-refractivity contribution in [2.75, 3.05) is 13.2 Å².